The van der Waals surface area contributed by atoms with Gasteiger partial charge in [0.1, 0.15) is 18.0 Å². The molecule has 0 aliphatic carbocycles. The van der Waals surface area contributed by atoms with Crippen molar-refractivity contribution in [1.82, 2.24) is 0 Å². The third kappa shape index (κ3) is 5.11. The average molecular weight is 481 g/mol. The van der Waals surface area contributed by atoms with E-state index in [4.69, 9.17) is 9.47 Å². The summed E-state index contributed by atoms with van der Waals surface area (Å²) >= 11 is 1.73. The highest BCUT2D eigenvalue weighted by Gasteiger charge is 2.43. The molecule has 3 aromatic rings. The smallest absolute Gasteiger partial charge is 0.303 e. The van der Waals surface area contributed by atoms with Gasteiger partial charge in [-0.3, -0.25) is 4.79 Å². The molecule has 2 heterocycles. The van der Waals surface area contributed by atoms with E-state index in [1.54, 1.807) is 11.3 Å². The Morgan fingerprint density at radius 3 is 2.47 bits per heavy atom. The second-order valence-electron chi connectivity index (χ2n) is 9.38. The number of hydrogen-bond acceptors (Lipinski definition) is 4. The number of halogens is 1. The van der Waals surface area contributed by atoms with E-state index in [9.17, 15) is 9.18 Å². The molecule has 1 fully saturated rings. The molecule has 1 aliphatic rings. The number of esters is 1. The van der Waals surface area contributed by atoms with Crippen molar-refractivity contribution >= 4 is 17.3 Å². The van der Waals surface area contributed by atoms with Gasteiger partial charge in [-0.25, -0.2) is 4.39 Å². The first-order valence-electron chi connectivity index (χ1n) is 12.0. The zero-order chi connectivity index (χ0) is 24.4. The molecule has 5 atom stereocenters. The number of carbonyl (C=O) groups excluding carboxylic acids is 1. The fraction of sp³-hybridized carbons (Fsp3) is 0.414. The maximum Gasteiger partial charge on any atom is 0.303 e. The first-order chi connectivity index (χ1) is 16.3. The van der Waals surface area contributed by atoms with Gasteiger partial charge < -0.3 is 9.47 Å². The van der Waals surface area contributed by atoms with Crippen molar-refractivity contribution < 1.29 is 18.7 Å². The van der Waals surface area contributed by atoms with Crippen molar-refractivity contribution in [2.45, 2.75) is 65.8 Å². The zero-order valence-corrected chi connectivity index (χ0v) is 21.3. The van der Waals surface area contributed by atoms with Gasteiger partial charge in [0.15, 0.2) is 0 Å². The van der Waals surface area contributed by atoms with E-state index in [1.807, 2.05) is 12.1 Å². The number of hydrogen-bond donors (Lipinski definition) is 0. The molecule has 0 radical (unpaired) electrons. The third-order valence-corrected chi connectivity index (χ3v) is 8.34. The number of ether oxygens (including phenoxy) is 2. The summed E-state index contributed by atoms with van der Waals surface area (Å²) < 4.78 is 25.7. The molecule has 0 saturated carbocycles. The predicted molar refractivity (Wildman–Crippen MR) is 135 cm³/mol. The minimum absolute atomic E-state index is 0.130. The van der Waals surface area contributed by atoms with Gasteiger partial charge in [-0.05, 0) is 65.8 Å². The molecule has 1 aromatic heterocycles. The molecular formula is C29H33FO3S. The van der Waals surface area contributed by atoms with Crippen molar-refractivity contribution in [3.63, 3.8) is 0 Å². The van der Waals surface area contributed by atoms with Crippen LogP contribution in [0.5, 0.6) is 0 Å². The highest BCUT2D eigenvalue weighted by atomic mass is 32.1. The molecule has 5 heteroatoms. The first kappa shape index (κ1) is 24.6. The van der Waals surface area contributed by atoms with E-state index < -0.39 is 0 Å². The summed E-state index contributed by atoms with van der Waals surface area (Å²) in [6.45, 7) is 10.1. The summed E-state index contributed by atoms with van der Waals surface area (Å²) in [5.41, 5.74) is 4.53. The van der Waals surface area contributed by atoms with Crippen LogP contribution in [0, 0.1) is 24.6 Å². The minimum atomic E-state index is -0.309. The fourth-order valence-electron chi connectivity index (χ4n) is 5.02. The molecule has 0 bridgehead atoms. The predicted octanol–water partition coefficient (Wildman–Crippen LogP) is 7.51. The number of carbonyl (C=O) groups is 1. The van der Waals surface area contributed by atoms with Gasteiger partial charge >= 0.3 is 5.97 Å². The van der Waals surface area contributed by atoms with Gasteiger partial charge in [0.2, 0.25) is 0 Å². The van der Waals surface area contributed by atoms with Crippen molar-refractivity contribution in [3.05, 3.63) is 82.0 Å². The van der Waals surface area contributed by atoms with E-state index in [1.165, 1.54) is 35.1 Å². The van der Waals surface area contributed by atoms with E-state index >= 15 is 0 Å². The van der Waals surface area contributed by atoms with Crippen LogP contribution in [-0.2, 0) is 20.7 Å². The highest BCUT2D eigenvalue weighted by Crippen LogP contribution is 2.43. The SMILES string of the molecule is CC[C@H]1O[C@@H](c2cccc(Cc3ccc(-c4ccc(F)cc4)s3)c2C)[C@H](OC(C)=O)[C@@H](C)[C@@H]1C. The van der Waals surface area contributed by atoms with Gasteiger partial charge in [-0.2, -0.15) is 0 Å². The minimum Gasteiger partial charge on any atom is -0.459 e. The van der Waals surface area contributed by atoms with Crippen LogP contribution >= 0.6 is 11.3 Å². The molecule has 0 amide bonds. The molecule has 3 nitrogen and oxygen atoms in total. The van der Waals surface area contributed by atoms with Gasteiger partial charge in [0.25, 0.3) is 0 Å². The zero-order valence-electron chi connectivity index (χ0n) is 20.5. The summed E-state index contributed by atoms with van der Waals surface area (Å²) in [6.07, 6.45) is 1.27. The summed E-state index contributed by atoms with van der Waals surface area (Å²) in [7, 11) is 0. The lowest BCUT2D eigenvalue weighted by Crippen LogP contribution is -2.46. The molecule has 0 unspecified atom stereocenters. The Morgan fingerprint density at radius 2 is 1.79 bits per heavy atom. The van der Waals surface area contributed by atoms with Crippen LogP contribution in [0.3, 0.4) is 0 Å². The van der Waals surface area contributed by atoms with Gasteiger partial charge in [0.05, 0.1) is 6.10 Å². The Kier molecular flexibility index (Phi) is 7.54. The topological polar surface area (TPSA) is 35.5 Å². The van der Waals surface area contributed by atoms with Crippen molar-refractivity contribution in [1.29, 1.82) is 0 Å². The van der Waals surface area contributed by atoms with E-state index in [-0.39, 0.29) is 36.0 Å². The molecule has 0 N–H and O–H groups in total. The fourth-order valence-corrected chi connectivity index (χ4v) is 6.05. The van der Waals surface area contributed by atoms with Crippen LogP contribution < -0.4 is 0 Å². The van der Waals surface area contributed by atoms with Crippen molar-refractivity contribution in [3.8, 4) is 10.4 Å². The molecule has 180 valence electrons. The largest absolute Gasteiger partial charge is 0.459 e. The summed E-state index contributed by atoms with van der Waals surface area (Å²) in [4.78, 5) is 14.3. The Hall–Kier alpha value is -2.50. The summed E-state index contributed by atoms with van der Waals surface area (Å²) in [5.74, 6) is 0.0172. The Morgan fingerprint density at radius 1 is 1.06 bits per heavy atom. The Balaban J connectivity index is 1.62. The van der Waals surface area contributed by atoms with Crippen molar-refractivity contribution in [2.75, 3.05) is 0 Å². The second-order valence-corrected chi connectivity index (χ2v) is 10.5. The van der Waals surface area contributed by atoms with Crippen LogP contribution in [-0.4, -0.2) is 18.2 Å². The lowest BCUT2D eigenvalue weighted by molar-refractivity contribution is -0.197. The van der Waals surface area contributed by atoms with E-state index in [0.29, 0.717) is 5.92 Å². The molecule has 4 rings (SSSR count). The van der Waals surface area contributed by atoms with Gasteiger partial charge in [-0.1, -0.05) is 51.1 Å². The highest BCUT2D eigenvalue weighted by molar-refractivity contribution is 7.15. The monoisotopic (exact) mass is 480 g/mol. The molecule has 0 spiro atoms. The molecule has 1 saturated heterocycles. The summed E-state index contributed by atoms with van der Waals surface area (Å²) in [5, 5.41) is 0. The van der Waals surface area contributed by atoms with E-state index in [0.717, 1.165) is 28.8 Å². The average Bonchev–Trinajstić information content (AvgIpc) is 3.28. The molecule has 1 aliphatic heterocycles. The van der Waals surface area contributed by atoms with Crippen LogP contribution in [0.25, 0.3) is 10.4 Å². The number of benzene rings is 2. The number of thiophene rings is 1. The van der Waals surface area contributed by atoms with E-state index in [2.05, 4.69) is 58.0 Å². The maximum absolute atomic E-state index is 13.3. The maximum atomic E-state index is 13.3. The van der Waals surface area contributed by atoms with Crippen LogP contribution in [0.4, 0.5) is 4.39 Å². The van der Waals surface area contributed by atoms with Gasteiger partial charge in [-0.15, -0.1) is 11.3 Å². The molecule has 2 aromatic carbocycles. The van der Waals surface area contributed by atoms with Gasteiger partial charge in [0, 0.05) is 29.0 Å². The third-order valence-electron chi connectivity index (χ3n) is 7.21. The standard InChI is InChI=1S/C29H33FO3S/c1-6-26-17(2)18(3)28(32-20(5)31)29(33-26)25-9-7-8-22(19(25)4)16-24-14-15-27(34-24)21-10-12-23(30)13-11-21/h7-15,17-18,26,28-29H,6,16H2,1-5H3/t17-,18-,26+,28+,29-/m0/s1. The first-order valence-corrected chi connectivity index (χ1v) is 12.9. The second kappa shape index (κ2) is 10.4. The molecular weight excluding hydrogens is 447 g/mol. The summed E-state index contributed by atoms with van der Waals surface area (Å²) in [6, 6.07) is 17.2. The van der Waals surface area contributed by atoms with Crippen molar-refractivity contribution in [2.24, 2.45) is 11.8 Å². The van der Waals surface area contributed by atoms with Crippen LogP contribution in [0.15, 0.2) is 54.6 Å². The number of rotatable bonds is 6. The normalized spacial score (nSPS) is 24.7. The van der Waals surface area contributed by atoms with Crippen LogP contribution in [0.1, 0.15) is 61.8 Å². The lowest BCUT2D eigenvalue weighted by atomic mass is 9.78. The quantitative estimate of drug-likeness (QED) is 0.343. The molecule has 34 heavy (non-hydrogen) atoms. The Bertz CT molecular complexity index is 1140. The lowest BCUT2D eigenvalue weighted by Gasteiger charge is -2.44. The Labute approximate surface area is 205 Å². The van der Waals surface area contributed by atoms with Crippen LogP contribution in [0.2, 0.25) is 0 Å².